The van der Waals surface area contributed by atoms with Crippen molar-refractivity contribution in [3.05, 3.63) is 30.1 Å². The second kappa shape index (κ2) is 7.61. The maximum Gasteiger partial charge on any atom is 0.234 e. The minimum Gasteiger partial charge on any atom is -0.368 e. The molecule has 2 heterocycles. The van der Waals surface area contributed by atoms with Crippen molar-refractivity contribution in [3.63, 3.8) is 0 Å². The largest absolute Gasteiger partial charge is 0.368 e. The van der Waals surface area contributed by atoms with Crippen LogP contribution in [0.1, 0.15) is 6.42 Å². The van der Waals surface area contributed by atoms with Crippen molar-refractivity contribution in [2.24, 2.45) is 0 Å². The summed E-state index contributed by atoms with van der Waals surface area (Å²) in [5, 5.41) is 2.78. The van der Waals surface area contributed by atoms with Crippen LogP contribution in [0.2, 0.25) is 0 Å². The van der Waals surface area contributed by atoms with Gasteiger partial charge in [0.1, 0.15) is 5.82 Å². The summed E-state index contributed by atoms with van der Waals surface area (Å²) in [7, 11) is 0. The fraction of sp³-hybridized carbons (Fsp3) is 0.529. The molecule has 2 aliphatic heterocycles. The van der Waals surface area contributed by atoms with E-state index in [1.807, 2.05) is 9.80 Å². The molecule has 0 spiro atoms. The van der Waals surface area contributed by atoms with Crippen molar-refractivity contribution in [2.45, 2.75) is 6.42 Å². The van der Waals surface area contributed by atoms with Gasteiger partial charge in [-0.3, -0.25) is 14.5 Å². The van der Waals surface area contributed by atoms with Gasteiger partial charge in [0.15, 0.2) is 0 Å². The predicted molar refractivity (Wildman–Crippen MR) is 89.3 cm³/mol. The summed E-state index contributed by atoms with van der Waals surface area (Å²) in [6.45, 7) is 5.33. The molecule has 2 saturated heterocycles. The molecule has 24 heavy (non-hydrogen) atoms. The van der Waals surface area contributed by atoms with E-state index in [1.54, 1.807) is 12.1 Å². The number of anilines is 1. The van der Waals surface area contributed by atoms with Crippen LogP contribution >= 0.6 is 0 Å². The number of nitrogens with zero attached hydrogens (tertiary/aromatic N) is 3. The van der Waals surface area contributed by atoms with Crippen LogP contribution in [0.25, 0.3) is 0 Å². The first kappa shape index (κ1) is 16.7. The van der Waals surface area contributed by atoms with Gasteiger partial charge in [-0.2, -0.15) is 0 Å². The molecule has 0 radical (unpaired) electrons. The van der Waals surface area contributed by atoms with Crippen LogP contribution in [0.5, 0.6) is 0 Å². The van der Waals surface area contributed by atoms with E-state index in [-0.39, 0.29) is 17.6 Å². The Kier molecular flexibility index (Phi) is 5.30. The number of halogens is 1. The lowest BCUT2D eigenvalue weighted by molar-refractivity contribution is -0.132. The molecule has 3 rings (SSSR count). The molecule has 1 aromatic carbocycles. The average Bonchev–Trinajstić information content (AvgIpc) is 2.61. The van der Waals surface area contributed by atoms with Crippen molar-refractivity contribution in [2.75, 3.05) is 57.3 Å². The van der Waals surface area contributed by atoms with Crippen LogP contribution in [0, 0.1) is 5.82 Å². The molecule has 2 aliphatic rings. The Hall–Kier alpha value is -2.15. The lowest BCUT2D eigenvalue weighted by Crippen LogP contribution is -2.51. The summed E-state index contributed by atoms with van der Waals surface area (Å²) in [5.41, 5.74) is 0.989. The molecule has 7 heteroatoms. The summed E-state index contributed by atoms with van der Waals surface area (Å²) in [6.07, 6.45) is 0.448. The maximum absolute atomic E-state index is 13.0. The zero-order chi connectivity index (χ0) is 16.9. The third kappa shape index (κ3) is 4.23. The summed E-state index contributed by atoms with van der Waals surface area (Å²) in [6, 6.07) is 6.46. The van der Waals surface area contributed by atoms with Crippen LogP contribution in [0.3, 0.4) is 0 Å². The molecule has 0 unspecified atom stereocenters. The van der Waals surface area contributed by atoms with Crippen LogP contribution in [0.4, 0.5) is 10.1 Å². The lowest BCUT2D eigenvalue weighted by atomic mass is 10.2. The molecule has 2 amide bonds. The maximum atomic E-state index is 13.0. The predicted octanol–water partition coefficient (Wildman–Crippen LogP) is 0.296. The number of carbonyl (C=O) groups excluding carboxylic acids is 2. The van der Waals surface area contributed by atoms with Gasteiger partial charge in [-0.1, -0.05) is 0 Å². The molecule has 0 aliphatic carbocycles. The number of hydrogen-bond donors (Lipinski definition) is 1. The number of rotatable bonds is 4. The smallest absolute Gasteiger partial charge is 0.234 e. The van der Waals surface area contributed by atoms with Crippen LogP contribution in [-0.2, 0) is 9.59 Å². The number of nitrogens with one attached hydrogen (secondary N) is 1. The van der Waals surface area contributed by atoms with E-state index in [0.717, 1.165) is 25.3 Å². The SMILES string of the molecule is O=C1CN(CCC(=O)N2CCN(c3ccc(F)cc3)CC2)CCN1. The number of amides is 2. The van der Waals surface area contributed by atoms with Gasteiger partial charge in [-0.25, -0.2) is 4.39 Å². The number of piperazine rings is 2. The first-order valence-corrected chi connectivity index (χ1v) is 8.39. The number of carbonyl (C=O) groups is 2. The van der Waals surface area contributed by atoms with Crippen molar-refractivity contribution in [1.82, 2.24) is 15.1 Å². The van der Waals surface area contributed by atoms with Gasteiger partial charge in [-0.05, 0) is 24.3 Å². The monoisotopic (exact) mass is 334 g/mol. The first-order chi connectivity index (χ1) is 11.6. The highest BCUT2D eigenvalue weighted by molar-refractivity contribution is 5.79. The Bertz CT molecular complexity index is 585. The van der Waals surface area contributed by atoms with E-state index in [2.05, 4.69) is 10.2 Å². The Morgan fingerprint density at radius 2 is 1.79 bits per heavy atom. The van der Waals surface area contributed by atoms with Crippen molar-refractivity contribution in [1.29, 1.82) is 0 Å². The summed E-state index contributed by atoms with van der Waals surface area (Å²) >= 11 is 0. The van der Waals surface area contributed by atoms with Gasteiger partial charge >= 0.3 is 0 Å². The molecule has 0 saturated carbocycles. The summed E-state index contributed by atoms with van der Waals surface area (Å²) < 4.78 is 13.0. The highest BCUT2D eigenvalue weighted by Crippen LogP contribution is 2.17. The van der Waals surface area contributed by atoms with Crippen molar-refractivity contribution >= 4 is 17.5 Å². The lowest BCUT2D eigenvalue weighted by Gasteiger charge is -2.36. The van der Waals surface area contributed by atoms with E-state index in [0.29, 0.717) is 39.1 Å². The summed E-state index contributed by atoms with van der Waals surface area (Å²) in [5.74, 6) is -0.0692. The molecular formula is C17H23FN4O2. The van der Waals surface area contributed by atoms with Crippen molar-refractivity contribution < 1.29 is 14.0 Å². The molecule has 0 atom stereocenters. The molecule has 2 fully saturated rings. The zero-order valence-corrected chi connectivity index (χ0v) is 13.7. The van der Waals surface area contributed by atoms with Gasteiger partial charge in [0.25, 0.3) is 0 Å². The normalized spacial score (nSPS) is 19.3. The van der Waals surface area contributed by atoms with E-state index < -0.39 is 0 Å². The van der Waals surface area contributed by atoms with Gasteiger partial charge in [0.2, 0.25) is 11.8 Å². The fourth-order valence-electron chi connectivity index (χ4n) is 3.16. The molecule has 1 aromatic rings. The zero-order valence-electron chi connectivity index (χ0n) is 13.7. The van der Waals surface area contributed by atoms with E-state index in [9.17, 15) is 14.0 Å². The Balaban J connectivity index is 1.43. The highest BCUT2D eigenvalue weighted by atomic mass is 19.1. The highest BCUT2D eigenvalue weighted by Gasteiger charge is 2.23. The van der Waals surface area contributed by atoms with Crippen molar-refractivity contribution in [3.8, 4) is 0 Å². The minimum atomic E-state index is -0.237. The Labute approximate surface area is 141 Å². The number of hydrogen-bond acceptors (Lipinski definition) is 4. The van der Waals surface area contributed by atoms with Gasteiger partial charge in [-0.15, -0.1) is 0 Å². The standard InChI is InChI=1S/C17H23FN4O2/c18-14-1-3-15(4-2-14)21-9-11-22(12-10-21)17(24)5-7-20-8-6-19-16(23)13-20/h1-4H,5-13H2,(H,19,23). The molecule has 0 bridgehead atoms. The van der Waals surface area contributed by atoms with Crippen LogP contribution < -0.4 is 10.2 Å². The van der Waals surface area contributed by atoms with E-state index in [1.165, 1.54) is 12.1 Å². The van der Waals surface area contributed by atoms with Gasteiger partial charge in [0.05, 0.1) is 6.54 Å². The number of benzene rings is 1. The molecular weight excluding hydrogens is 311 g/mol. The fourth-order valence-corrected chi connectivity index (χ4v) is 3.16. The Morgan fingerprint density at radius 3 is 2.46 bits per heavy atom. The van der Waals surface area contributed by atoms with Crippen LogP contribution in [0.15, 0.2) is 24.3 Å². The van der Waals surface area contributed by atoms with E-state index >= 15 is 0 Å². The second-order valence-electron chi connectivity index (χ2n) is 6.22. The molecule has 130 valence electrons. The summed E-state index contributed by atoms with van der Waals surface area (Å²) in [4.78, 5) is 29.7. The van der Waals surface area contributed by atoms with Gasteiger partial charge in [0, 0.05) is 57.9 Å². The Morgan fingerprint density at radius 1 is 1.08 bits per heavy atom. The molecule has 6 nitrogen and oxygen atoms in total. The minimum absolute atomic E-state index is 0.0293. The third-order valence-electron chi connectivity index (χ3n) is 4.58. The third-order valence-corrected chi connectivity index (χ3v) is 4.58. The first-order valence-electron chi connectivity index (χ1n) is 8.39. The molecule has 0 aromatic heterocycles. The molecule has 1 N–H and O–H groups in total. The second-order valence-corrected chi connectivity index (χ2v) is 6.22. The van der Waals surface area contributed by atoms with E-state index in [4.69, 9.17) is 0 Å². The van der Waals surface area contributed by atoms with Gasteiger partial charge < -0.3 is 15.1 Å². The average molecular weight is 334 g/mol. The topological polar surface area (TPSA) is 55.9 Å². The van der Waals surface area contributed by atoms with Crippen LogP contribution in [-0.4, -0.2) is 74.0 Å². The quantitative estimate of drug-likeness (QED) is 0.860.